The Morgan fingerprint density at radius 2 is 2.33 bits per heavy atom. The molecule has 3 heteroatoms. The molecule has 0 aliphatic rings. The topological polar surface area (TPSA) is 42.4 Å². The Morgan fingerprint density at radius 1 is 1.50 bits per heavy atom. The van der Waals surface area contributed by atoms with Gasteiger partial charge in [0.05, 0.1) is 12.8 Å². The third-order valence-electron chi connectivity index (χ3n) is 1.47. The number of hydrogen-bond acceptors (Lipinski definition) is 3. The number of nitrogens with zero attached hydrogens (tertiary/aromatic N) is 1. The van der Waals surface area contributed by atoms with Crippen molar-refractivity contribution >= 4 is 0 Å². The van der Waals surface area contributed by atoms with Crippen LogP contribution in [0.5, 0.6) is 11.6 Å². The van der Waals surface area contributed by atoms with E-state index in [1.807, 2.05) is 0 Å². The minimum Gasteiger partial charge on any atom is -0.506 e. The van der Waals surface area contributed by atoms with Crippen LogP contribution >= 0.6 is 0 Å². The summed E-state index contributed by atoms with van der Waals surface area (Å²) < 4.78 is 5.28. The summed E-state index contributed by atoms with van der Waals surface area (Å²) in [6, 6.07) is 3.22. The Hall–Kier alpha value is -1.25. The molecule has 0 aliphatic heterocycles. The second kappa shape index (κ2) is 4.59. The molecule has 0 saturated carbocycles. The van der Waals surface area contributed by atoms with Crippen LogP contribution in [0, 0.1) is 0 Å². The highest BCUT2D eigenvalue weighted by Crippen LogP contribution is 2.11. The maximum atomic E-state index is 8.91. The maximum absolute atomic E-state index is 8.91. The zero-order valence-corrected chi connectivity index (χ0v) is 7.16. The second-order valence-corrected chi connectivity index (χ2v) is 2.56. The van der Waals surface area contributed by atoms with E-state index in [4.69, 9.17) is 9.84 Å². The smallest absolute Gasteiger partial charge is 0.213 e. The average molecular weight is 167 g/mol. The van der Waals surface area contributed by atoms with E-state index in [2.05, 4.69) is 11.9 Å². The van der Waals surface area contributed by atoms with Crippen molar-refractivity contribution in [2.24, 2.45) is 0 Å². The molecule has 0 fully saturated rings. The number of ether oxygens (including phenoxy) is 1. The Bertz CT molecular complexity index is 220. The molecular formula is C9H13NO2. The first-order chi connectivity index (χ1) is 5.83. The van der Waals surface area contributed by atoms with Crippen molar-refractivity contribution in [1.29, 1.82) is 0 Å². The van der Waals surface area contributed by atoms with Gasteiger partial charge in [0.1, 0.15) is 5.75 Å². The monoisotopic (exact) mass is 167 g/mol. The van der Waals surface area contributed by atoms with Gasteiger partial charge in [-0.1, -0.05) is 13.3 Å². The number of pyridine rings is 1. The molecular weight excluding hydrogens is 154 g/mol. The molecule has 1 heterocycles. The van der Waals surface area contributed by atoms with Crippen LogP contribution in [0.15, 0.2) is 18.3 Å². The first-order valence-electron chi connectivity index (χ1n) is 4.10. The van der Waals surface area contributed by atoms with Gasteiger partial charge in [0, 0.05) is 6.07 Å². The fraction of sp³-hybridized carbons (Fsp3) is 0.444. The second-order valence-electron chi connectivity index (χ2n) is 2.56. The fourth-order valence-electron chi connectivity index (χ4n) is 0.779. The first kappa shape index (κ1) is 8.84. The van der Waals surface area contributed by atoms with Crippen LogP contribution in [-0.4, -0.2) is 16.7 Å². The number of hydrogen-bond donors (Lipinski definition) is 1. The van der Waals surface area contributed by atoms with E-state index < -0.39 is 0 Å². The van der Waals surface area contributed by atoms with E-state index in [-0.39, 0.29) is 5.75 Å². The zero-order chi connectivity index (χ0) is 8.81. The van der Waals surface area contributed by atoms with E-state index in [0.29, 0.717) is 12.5 Å². The van der Waals surface area contributed by atoms with Gasteiger partial charge >= 0.3 is 0 Å². The van der Waals surface area contributed by atoms with Crippen LogP contribution in [0.25, 0.3) is 0 Å². The standard InChI is InChI=1S/C9H13NO2/c1-2-3-6-12-9-5-4-8(11)7-10-9/h4-5,7,11H,2-3,6H2,1H3. The maximum Gasteiger partial charge on any atom is 0.213 e. The third-order valence-corrected chi connectivity index (χ3v) is 1.47. The highest BCUT2D eigenvalue weighted by atomic mass is 16.5. The van der Waals surface area contributed by atoms with E-state index in [9.17, 15) is 0 Å². The van der Waals surface area contributed by atoms with E-state index in [1.54, 1.807) is 12.1 Å². The van der Waals surface area contributed by atoms with Crippen molar-refractivity contribution in [3.63, 3.8) is 0 Å². The average Bonchev–Trinajstić information content (AvgIpc) is 2.09. The van der Waals surface area contributed by atoms with Crippen LogP contribution in [0.4, 0.5) is 0 Å². The van der Waals surface area contributed by atoms with Crippen molar-refractivity contribution in [1.82, 2.24) is 4.98 Å². The molecule has 0 amide bonds. The Kier molecular flexibility index (Phi) is 3.38. The third kappa shape index (κ3) is 2.78. The van der Waals surface area contributed by atoms with Gasteiger partial charge in [-0.05, 0) is 12.5 Å². The van der Waals surface area contributed by atoms with E-state index in [0.717, 1.165) is 12.8 Å². The summed E-state index contributed by atoms with van der Waals surface area (Å²) >= 11 is 0. The Morgan fingerprint density at radius 3 is 2.92 bits per heavy atom. The van der Waals surface area contributed by atoms with Crippen molar-refractivity contribution in [2.75, 3.05) is 6.61 Å². The van der Waals surface area contributed by atoms with E-state index in [1.165, 1.54) is 6.20 Å². The predicted octanol–water partition coefficient (Wildman–Crippen LogP) is 1.97. The van der Waals surface area contributed by atoms with Gasteiger partial charge in [0.25, 0.3) is 0 Å². The molecule has 0 saturated heterocycles. The largest absolute Gasteiger partial charge is 0.506 e. The molecule has 0 unspecified atom stereocenters. The van der Waals surface area contributed by atoms with Gasteiger partial charge in [0.2, 0.25) is 5.88 Å². The van der Waals surface area contributed by atoms with Crippen molar-refractivity contribution < 1.29 is 9.84 Å². The summed E-state index contributed by atoms with van der Waals surface area (Å²) in [6.45, 7) is 2.79. The number of rotatable bonds is 4. The van der Waals surface area contributed by atoms with Crippen LogP contribution in [0.3, 0.4) is 0 Å². The zero-order valence-electron chi connectivity index (χ0n) is 7.16. The van der Waals surface area contributed by atoms with Crippen molar-refractivity contribution in [3.05, 3.63) is 18.3 Å². The van der Waals surface area contributed by atoms with Crippen LogP contribution in [-0.2, 0) is 0 Å². The predicted molar refractivity (Wildman–Crippen MR) is 46.3 cm³/mol. The molecule has 0 radical (unpaired) electrons. The molecule has 0 aliphatic carbocycles. The fourth-order valence-corrected chi connectivity index (χ4v) is 0.779. The Balaban J connectivity index is 2.37. The minimum absolute atomic E-state index is 0.165. The normalized spacial score (nSPS) is 9.75. The highest BCUT2D eigenvalue weighted by Gasteiger charge is 1.93. The van der Waals surface area contributed by atoms with Gasteiger partial charge in [-0.25, -0.2) is 4.98 Å². The lowest BCUT2D eigenvalue weighted by atomic mass is 10.4. The summed E-state index contributed by atoms with van der Waals surface area (Å²) in [5, 5.41) is 8.91. The summed E-state index contributed by atoms with van der Waals surface area (Å²) in [4.78, 5) is 3.88. The number of aromatic nitrogens is 1. The highest BCUT2D eigenvalue weighted by molar-refractivity contribution is 5.20. The molecule has 1 N–H and O–H groups in total. The summed E-state index contributed by atoms with van der Waals surface area (Å²) in [5.41, 5.74) is 0. The number of unbranched alkanes of at least 4 members (excludes halogenated alkanes) is 1. The van der Waals surface area contributed by atoms with Gasteiger partial charge < -0.3 is 9.84 Å². The van der Waals surface area contributed by atoms with Gasteiger partial charge in [-0.15, -0.1) is 0 Å². The summed E-state index contributed by atoms with van der Waals surface area (Å²) in [5.74, 6) is 0.735. The van der Waals surface area contributed by atoms with Crippen LogP contribution in [0.1, 0.15) is 19.8 Å². The van der Waals surface area contributed by atoms with Crippen molar-refractivity contribution in [3.8, 4) is 11.6 Å². The Labute approximate surface area is 72.0 Å². The molecule has 12 heavy (non-hydrogen) atoms. The van der Waals surface area contributed by atoms with Gasteiger partial charge in [0.15, 0.2) is 0 Å². The summed E-state index contributed by atoms with van der Waals surface area (Å²) in [6.07, 6.45) is 3.52. The number of aromatic hydroxyl groups is 1. The molecule has 3 nitrogen and oxygen atoms in total. The molecule has 1 rings (SSSR count). The molecule has 1 aromatic heterocycles. The quantitative estimate of drug-likeness (QED) is 0.697. The van der Waals surface area contributed by atoms with E-state index >= 15 is 0 Å². The molecule has 1 aromatic rings. The molecule has 66 valence electrons. The molecule has 0 atom stereocenters. The lowest BCUT2D eigenvalue weighted by Gasteiger charge is -2.02. The lowest BCUT2D eigenvalue weighted by Crippen LogP contribution is -1.97. The molecule has 0 aromatic carbocycles. The molecule has 0 bridgehead atoms. The van der Waals surface area contributed by atoms with Crippen molar-refractivity contribution in [2.45, 2.75) is 19.8 Å². The van der Waals surface area contributed by atoms with Gasteiger partial charge in [-0.2, -0.15) is 0 Å². The first-order valence-corrected chi connectivity index (χ1v) is 4.10. The van der Waals surface area contributed by atoms with Crippen LogP contribution < -0.4 is 4.74 Å². The lowest BCUT2D eigenvalue weighted by molar-refractivity contribution is 0.297. The van der Waals surface area contributed by atoms with Crippen LogP contribution in [0.2, 0.25) is 0 Å². The summed E-state index contributed by atoms with van der Waals surface area (Å²) in [7, 11) is 0. The minimum atomic E-state index is 0.165. The van der Waals surface area contributed by atoms with Gasteiger partial charge in [-0.3, -0.25) is 0 Å². The SMILES string of the molecule is CCCCOc1ccc(O)cn1. The molecule has 0 spiro atoms.